The van der Waals surface area contributed by atoms with E-state index < -0.39 is 0 Å². The van der Waals surface area contributed by atoms with Crippen molar-refractivity contribution in [1.29, 1.82) is 0 Å². The first kappa shape index (κ1) is 16.5. The van der Waals surface area contributed by atoms with Crippen LogP contribution in [0.2, 0.25) is 0 Å². The zero-order valence-electron chi connectivity index (χ0n) is 14.7. The molecule has 1 atom stereocenters. The van der Waals surface area contributed by atoms with Crippen LogP contribution in [0.4, 0.5) is 0 Å². The molecule has 2 aromatic heterocycles. The van der Waals surface area contributed by atoms with Crippen molar-refractivity contribution in [2.45, 2.75) is 19.4 Å². The Kier molecular flexibility index (Phi) is 4.54. The SMILES string of the molecule is CCOC[C@H](Cc1ccc(O)cc1)n1cnc2cnc3ccccc3c21. The van der Waals surface area contributed by atoms with Gasteiger partial charge in [-0.25, -0.2) is 4.98 Å². The molecule has 0 unspecified atom stereocenters. The number of aromatic nitrogens is 3. The first-order chi connectivity index (χ1) is 12.8. The number of benzene rings is 2. The van der Waals surface area contributed by atoms with Crippen molar-refractivity contribution in [2.75, 3.05) is 13.2 Å². The minimum absolute atomic E-state index is 0.107. The molecule has 2 aromatic carbocycles. The van der Waals surface area contributed by atoms with Gasteiger partial charge in [0, 0.05) is 12.0 Å². The number of hydrogen-bond acceptors (Lipinski definition) is 4. The van der Waals surface area contributed by atoms with Gasteiger partial charge in [0.2, 0.25) is 0 Å². The predicted octanol–water partition coefficient (Wildman–Crippen LogP) is 4.11. The molecule has 5 nitrogen and oxygen atoms in total. The number of ether oxygens (including phenoxy) is 1. The molecule has 4 aromatic rings. The van der Waals surface area contributed by atoms with E-state index in [4.69, 9.17) is 4.74 Å². The molecule has 0 aliphatic heterocycles. The Bertz CT molecular complexity index is 1020. The van der Waals surface area contributed by atoms with Crippen LogP contribution in [0.3, 0.4) is 0 Å². The fourth-order valence-corrected chi connectivity index (χ4v) is 3.34. The van der Waals surface area contributed by atoms with Gasteiger partial charge in [0.15, 0.2) is 0 Å². The summed E-state index contributed by atoms with van der Waals surface area (Å²) < 4.78 is 7.96. The Morgan fingerprint density at radius 3 is 2.65 bits per heavy atom. The second-order valence-electron chi connectivity index (χ2n) is 6.34. The van der Waals surface area contributed by atoms with Crippen LogP contribution in [0.1, 0.15) is 18.5 Å². The summed E-state index contributed by atoms with van der Waals surface area (Å²) in [6.45, 7) is 3.27. The number of para-hydroxylation sites is 1. The molecular formula is C21H21N3O2. The molecule has 0 fully saturated rings. The zero-order valence-corrected chi connectivity index (χ0v) is 14.7. The van der Waals surface area contributed by atoms with Crippen molar-refractivity contribution in [3.05, 3.63) is 66.6 Å². The number of pyridine rings is 1. The van der Waals surface area contributed by atoms with E-state index in [2.05, 4.69) is 20.6 Å². The number of fused-ring (bicyclic) bond motifs is 3. The summed E-state index contributed by atoms with van der Waals surface area (Å²) in [5.41, 5.74) is 4.07. The minimum Gasteiger partial charge on any atom is -0.508 e. The van der Waals surface area contributed by atoms with Crippen LogP contribution in [-0.2, 0) is 11.2 Å². The molecule has 0 spiro atoms. The van der Waals surface area contributed by atoms with E-state index in [1.165, 1.54) is 0 Å². The number of imidazole rings is 1. The second kappa shape index (κ2) is 7.14. The van der Waals surface area contributed by atoms with Gasteiger partial charge < -0.3 is 14.4 Å². The zero-order chi connectivity index (χ0) is 17.9. The maximum Gasteiger partial charge on any atom is 0.115 e. The Morgan fingerprint density at radius 1 is 1.04 bits per heavy atom. The summed E-state index contributed by atoms with van der Waals surface area (Å²) >= 11 is 0. The lowest BCUT2D eigenvalue weighted by molar-refractivity contribution is 0.114. The van der Waals surface area contributed by atoms with Gasteiger partial charge in [-0.15, -0.1) is 0 Å². The number of hydrogen-bond donors (Lipinski definition) is 1. The van der Waals surface area contributed by atoms with Gasteiger partial charge in [0.1, 0.15) is 11.3 Å². The van der Waals surface area contributed by atoms with Crippen molar-refractivity contribution in [1.82, 2.24) is 14.5 Å². The molecule has 132 valence electrons. The third-order valence-electron chi connectivity index (χ3n) is 4.62. The summed E-state index contributed by atoms with van der Waals surface area (Å²) in [5.74, 6) is 0.278. The third kappa shape index (κ3) is 3.13. The fraction of sp³-hybridized carbons (Fsp3) is 0.238. The first-order valence-corrected chi connectivity index (χ1v) is 8.82. The molecule has 1 N–H and O–H groups in total. The minimum atomic E-state index is 0.107. The number of phenols is 1. The second-order valence-corrected chi connectivity index (χ2v) is 6.34. The quantitative estimate of drug-likeness (QED) is 0.570. The van der Waals surface area contributed by atoms with Crippen LogP contribution in [0.25, 0.3) is 21.9 Å². The summed E-state index contributed by atoms with van der Waals surface area (Å²) in [5, 5.41) is 10.6. The highest BCUT2D eigenvalue weighted by molar-refractivity contribution is 6.01. The third-order valence-corrected chi connectivity index (χ3v) is 4.62. The standard InChI is InChI=1S/C21H21N3O2/c1-2-26-13-16(11-15-7-9-17(25)10-8-15)24-14-23-20-12-22-19-6-4-3-5-18(19)21(20)24/h3-10,12,14,16,25H,2,11,13H2,1H3/t16-/m0/s1. The largest absolute Gasteiger partial charge is 0.508 e. The summed E-state index contributed by atoms with van der Waals surface area (Å²) in [6, 6.07) is 15.6. The Morgan fingerprint density at radius 2 is 1.85 bits per heavy atom. The molecule has 26 heavy (non-hydrogen) atoms. The Balaban J connectivity index is 1.79. The van der Waals surface area contributed by atoms with Crippen molar-refractivity contribution >= 4 is 21.9 Å². The van der Waals surface area contributed by atoms with Gasteiger partial charge >= 0.3 is 0 Å². The van der Waals surface area contributed by atoms with E-state index in [0.717, 1.165) is 33.9 Å². The fourth-order valence-electron chi connectivity index (χ4n) is 3.34. The van der Waals surface area contributed by atoms with E-state index in [1.54, 1.807) is 12.1 Å². The van der Waals surface area contributed by atoms with Crippen LogP contribution in [0.15, 0.2) is 61.1 Å². The lowest BCUT2D eigenvalue weighted by Crippen LogP contribution is -2.17. The van der Waals surface area contributed by atoms with Gasteiger partial charge in [-0.2, -0.15) is 0 Å². The number of aromatic hydroxyl groups is 1. The van der Waals surface area contributed by atoms with E-state index in [0.29, 0.717) is 13.2 Å². The average molecular weight is 347 g/mol. The summed E-state index contributed by atoms with van der Waals surface area (Å²) in [4.78, 5) is 9.06. The molecule has 0 radical (unpaired) electrons. The molecule has 0 saturated heterocycles. The highest BCUT2D eigenvalue weighted by atomic mass is 16.5. The van der Waals surface area contributed by atoms with Crippen LogP contribution in [0.5, 0.6) is 5.75 Å². The topological polar surface area (TPSA) is 60.2 Å². The molecule has 0 saturated carbocycles. The van der Waals surface area contributed by atoms with Crippen molar-refractivity contribution in [3.8, 4) is 5.75 Å². The van der Waals surface area contributed by atoms with Crippen molar-refractivity contribution < 1.29 is 9.84 Å². The Hall–Kier alpha value is -2.92. The smallest absolute Gasteiger partial charge is 0.115 e. The molecule has 5 heteroatoms. The van der Waals surface area contributed by atoms with E-state index in [1.807, 2.05) is 49.8 Å². The van der Waals surface area contributed by atoms with Crippen LogP contribution in [0, 0.1) is 0 Å². The number of phenolic OH excluding ortho intramolecular Hbond substituents is 1. The molecule has 4 rings (SSSR count). The predicted molar refractivity (Wildman–Crippen MR) is 102 cm³/mol. The highest BCUT2D eigenvalue weighted by Gasteiger charge is 2.17. The molecule has 0 amide bonds. The maximum absolute atomic E-state index is 9.53. The highest BCUT2D eigenvalue weighted by Crippen LogP contribution is 2.27. The van der Waals surface area contributed by atoms with Crippen LogP contribution in [-0.4, -0.2) is 32.9 Å². The summed E-state index contributed by atoms with van der Waals surface area (Å²) in [6.07, 6.45) is 4.50. The van der Waals surface area contributed by atoms with E-state index in [-0.39, 0.29) is 11.8 Å². The van der Waals surface area contributed by atoms with Crippen molar-refractivity contribution in [2.24, 2.45) is 0 Å². The van der Waals surface area contributed by atoms with Gasteiger partial charge in [-0.05, 0) is 37.1 Å². The van der Waals surface area contributed by atoms with Gasteiger partial charge in [0.25, 0.3) is 0 Å². The molecule has 0 aliphatic rings. The molecule has 0 aliphatic carbocycles. The summed E-state index contributed by atoms with van der Waals surface area (Å²) in [7, 11) is 0. The monoisotopic (exact) mass is 347 g/mol. The lowest BCUT2D eigenvalue weighted by Gasteiger charge is -2.20. The lowest BCUT2D eigenvalue weighted by atomic mass is 10.1. The number of nitrogens with zero attached hydrogens (tertiary/aromatic N) is 3. The maximum atomic E-state index is 9.53. The van der Waals surface area contributed by atoms with Gasteiger partial charge in [-0.1, -0.05) is 30.3 Å². The van der Waals surface area contributed by atoms with Crippen LogP contribution >= 0.6 is 0 Å². The van der Waals surface area contributed by atoms with E-state index >= 15 is 0 Å². The normalized spacial score (nSPS) is 12.7. The van der Waals surface area contributed by atoms with E-state index in [9.17, 15) is 5.11 Å². The Labute approximate surface area is 151 Å². The van der Waals surface area contributed by atoms with Gasteiger partial charge in [-0.3, -0.25) is 4.98 Å². The number of rotatable bonds is 6. The first-order valence-electron chi connectivity index (χ1n) is 8.82. The van der Waals surface area contributed by atoms with Crippen molar-refractivity contribution in [3.63, 3.8) is 0 Å². The van der Waals surface area contributed by atoms with Crippen LogP contribution < -0.4 is 0 Å². The molecular weight excluding hydrogens is 326 g/mol. The molecule has 2 heterocycles. The molecule has 0 bridgehead atoms. The van der Waals surface area contributed by atoms with Gasteiger partial charge in [0.05, 0.1) is 36.2 Å². The average Bonchev–Trinajstić information content (AvgIpc) is 3.11.